The predicted octanol–water partition coefficient (Wildman–Crippen LogP) is 3.41. The van der Waals surface area contributed by atoms with Crippen LogP contribution in [0.25, 0.3) is 16.5 Å². The van der Waals surface area contributed by atoms with Crippen LogP contribution < -0.4 is 53.6 Å². The van der Waals surface area contributed by atoms with E-state index >= 15 is 43.2 Å². The maximum absolute atomic E-state index is 15.6. The molecule has 1 aliphatic carbocycles. The fourth-order valence-corrected chi connectivity index (χ4v) is 16.7. The topological polar surface area (TPSA) is 480 Å². The number of aromatic hydroxyl groups is 1. The lowest BCUT2D eigenvalue weighted by Crippen LogP contribution is -2.61. The minimum Gasteiger partial charge on any atom is -0.508 e. The molecule has 1 aromatic heterocycles. The molecule has 0 saturated carbocycles. The number of phenolic OH excluding ortho intramolecular Hbond substituents is 1. The highest BCUT2D eigenvalue weighted by Gasteiger charge is 2.43. The first-order chi connectivity index (χ1) is 62.5. The third kappa shape index (κ3) is 29.4. The first-order valence-corrected chi connectivity index (χ1v) is 44.9. The maximum atomic E-state index is 15.6. The Morgan fingerprint density at radius 2 is 0.985 bits per heavy atom. The van der Waals surface area contributed by atoms with Crippen molar-refractivity contribution in [2.45, 2.75) is 178 Å². The molecular weight excluding hydrogens is 1700 g/mol. The maximum Gasteiger partial charge on any atom is 0.305 e. The molecule has 1 saturated heterocycles. The summed E-state index contributed by atoms with van der Waals surface area (Å²) >= 11 is 0.850. The molecule has 0 bridgehead atoms. The van der Waals surface area contributed by atoms with Gasteiger partial charge in [-0.3, -0.25) is 76.7 Å². The van der Waals surface area contributed by atoms with Crippen LogP contribution in [-0.2, 0) is 115 Å². The van der Waals surface area contributed by atoms with Gasteiger partial charge in [0, 0.05) is 96.6 Å². The molecule has 15 amide bonds. The number of fused-ring (bicyclic) bond motifs is 2. The van der Waals surface area contributed by atoms with Crippen LogP contribution in [-0.4, -0.2) is 267 Å². The number of allylic oxidation sites excluding steroid dienone is 1. The van der Waals surface area contributed by atoms with Gasteiger partial charge < -0.3 is 93.3 Å². The van der Waals surface area contributed by atoms with Crippen LogP contribution in [0.1, 0.15) is 112 Å². The number of para-hydroxylation sites is 1. The second-order valence-corrected chi connectivity index (χ2v) is 35.0. The predicted molar refractivity (Wildman–Crippen MR) is 493 cm³/mol. The van der Waals surface area contributed by atoms with Gasteiger partial charge in [-0.25, -0.2) is 0 Å². The molecular formula is C96H120N16O18S. The molecule has 35 heteroatoms. The van der Waals surface area contributed by atoms with Crippen molar-refractivity contribution in [1.29, 1.82) is 0 Å². The molecule has 2 heterocycles. The Hall–Kier alpha value is -13.7. The molecule has 698 valence electrons. The zero-order chi connectivity index (χ0) is 95.3. The van der Waals surface area contributed by atoms with Gasteiger partial charge in [0.25, 0.3) is 0 Å². The zero-order valence-electron chi connectivity index (χ0n) is 75.4. The van der Waals surface area contributed by atoms with E-state index in [1.807, 2.05) is 37.3 Å². The number of nitrogens with two attached hydrogens (primary N) is 1. The summed E-state index contributed by atoms with van der Waals surface area (Å²) in [7, 11) is 6.60. The summed E-state index contributed by atoms with van der Waals surface area (Å²) in [6.07, 6.45) is 2.75. The number of carboxylic acid groups (broad SMARTS) is 1. The lowest BCUT2D eigenvalue weighted by molar-refractivity contribution is -0.151. The summed E-state index contributed by atoms with van der Waals surface area (Å²) in [6, 6.07) is 29.5. The molecule has 0 unspecified atom stereocenters. The van der Waals surface area contributed by atoms with Crippen molar-refractivity contribution in [2.75, 3.05) is 66.4 Å². The van der Waals surface area contributed by atoms with Crippen molar-refractivity contribution in [3.63, 3.8) is 0 Å². The second kappa shape index (κ2) is 48.6. The summed E-state index contributed by atoms with van der Waals surface area (Å²) in [5.74, 6) is -16.9. The number of carboxylic acids is 1. The number of hydrogen-bond donors (Lipinski definition) is 13. The number of rotatable bonds is 23. The normalized spacial score (nSPS) is 22.1. The summed E-state index contributed by atoms with van der Waals surface area (Å²) in [5.41, 5.74) is 11.2. The monoisotopic (exact) mass is 1820 g/mol. The van der Waals surface area contributed by atoms with E-state index in [1.165, 1.54) is 69.3 Å². The van der Waals surface area contributed by atoms with Crippen LogP contribution in [0, 0.1) is 11.8 Å². The first-order valence-electron chi connectivity index (χ1n) is 43.7. The smallest absolute Gasteiger partial charge is 0.305 e. The highest BCUT2D eigenvalue weighted by molar-refractivity contribution is 8.00. The van der Waals surface area contributed by atoms with E-state index < -0.39 is 199 Å². The second-order valence-electron chi connectivity index (χ2n) is 34.0. The molecule has 0 spiro atoms. The van der Waals surface area contributed by atoms with E-state index in [0.717, 1.165) is 37.6 Å². The lowest BCUT2D eigenvalue weighted by atomic mass is 9.97. The number of aromatic amines is 1. The Labute approximate surface area is 765 Å². The van der Waals surface area contributed by atoms with Crippen LogP contribution in [0.4, 0.5) is 0 Å². The van der Waals surface area contributed by atoms with Gasteiger partial charge in [-0.05, 0) is 93.8 Å². The average molecular weight is 1820 g/mol. The fourth-order valence-electron chi connectivity index (χ4n) is 15.8. The molecule has 7 aromatic rings. The number of nitrogens with one attached hydrogen (secondary N) is 10. The number of hydrogen-bond acceptors (Lipinski definition) is 18. The standard InChI is InChI=1S/C96H120N16O18S/c1-11-12-36-77-94(128)109(7)54-82(116)101-73(50-84(118)119)90(124)107-85(58(4)5)96(130)111(9)78(46-60-28-18-14-19-29-60)91(125)105-74(45-62-37-41-66(113)42-38-62)92(126)108(6)53-81(115)100-71(49-65-51-98-69-35-25-24-34-68(65)69)88(122)104-72(48-64-40-39-63-32-22-23-33-67(63)64)89(123)103-70(43-57(2)3)87(121)106-76(86(120)99-52-80(97)114)55-131-56-83(117)102-75(44-59-26-16-13-17-27-59)93(127)112(10)79(95(129)110(77)8)47-61-30-20-15-21-31-61/h13-35,37-38,40-42,51,57-58,70-79,85,98,113H,11-12,36,39,43-50,52-56H2,1-10H3,(H2,97,114)(H,99,120)(H,100,115)(H,101,116)(H,102,117)(H,103,123)(H,104,122)(H,105,125)(H,106,121)(H,107,124)(H,118,119)/t70-,71-,72-,73-,74-,75-,76-,77-,78-,79-,85-/m0/s1. The number of amides is 15. The Bertz CT molecular complexity index is 5250. The van der Waals surface area contributed by atoms with E-state index in [9.17, 15) is 43.8 Å². The minimum atomic E-state index is -1.90. The van der Waals surface area contributed by atoms with E-state index in [1.54, 1.807) is 149 Å². The van der Waals surface area contributed by atoms with Crippen LogP contribution in [0.2, 0.25) is 0 Å². The third-order valence-electron chi connectivity index (χ3n) is 23.0. The van der Waals surface area contributed by atoms with E-state index in [2.05, 4.69) is 52.8 Å². The molecule has 14 N–H and O–H groups in total. The molecule has 6 aromatic carbocycles. The Kier molecular flexibility index (Phi) is 37.5. The number of carbonyl (C=O) groups is 16. The van der Waals surface area contributed by atoms with Crippen molar-refractivity contribution in [2.24, 2.45) is 17.6 Å². The van der Waals surface area contributed by atoms with Gasteiger partial charge in [-0.2, -0.15) is 0 Å². The van der Waals surface area contributed by atoms with Crippen molar-refractivity contribution in [3.8, 4) is 5.75 Å². The number of thioether (sulfide) groups is 1. The quantitative estimate of drug-likeness (QED) is 0.0436. The lowest BCUT2D eigenvalue weighted by Gasteiger charge is -2.37. The van der Waals surface area contributed by atoms with Gasteiger partial charge in [-0.1, -0.05) is 199 Å². The van der Waals surface area contributed by atoms with Gasteiger partial charge in [-0.15, -0.1) is 11.8 Å². The largest absolute Gasteiger partial charge is 0.508 e. The third-order valence-corrected chi connectivity index (χ3v) is 24.1. The summed E-state index contributed by atoms with van der Waals surface area (Å²) < 4.78 is 0. The average Bonchev–Trinajstić information content (AvgIpc) is 1.24. The van der Waals surface area contributed by atoms with Gasteiger partial charge in [0.15, 0.2) is 0 Å². The van der Waals surface area contributed by atoms with Gasteiger partial charge >= 0.3 is 5.97 Å². The Morgan fingerprint density at radius 1 is 0.489 bits per heavy atom. The first kappa shape index (κ1) is 101. The van der Waals surface area contributed by atoms with Crippen molar-refractivity contribution >= 4 is 123 Å². The van der Waals surface area contributed by atoms with E-state index in [4.69, 9.17) is 5.73 Å². The Balaban J connectivity index is 1.12. The Morgan fingerprint density at radius 3 is 1.58 bits per heavy atom. The number of unbranched alkanes of at least 4 members (excludes halogenated alkanes) is 1. The fraction of sp³-hybridized carbons (Fsp3) is 0.417. The summed E-state index contributed by atoms with van der Waals surface area (Å²) in [6.45, 7) is 6.30. The number of aliphatic carboxylic acids is 1. The number of benzene rings is 6. The highest BCUT2D eigenvalue weighted by atomic mass is 32.2. The van der Waals surface area contributed by atoms with Crippen molar-refractivity contribution < 1.29 is 86.9 Å². The highest BCUT2D eigenvalue weighted by Crippen LogP contribution is 2.32. The zero-order valence-corrected chi connectivity index (χ0v) is 76.2. The van der Waals surface area contributed by atoms with Crippen molar-refractivity contribution in [1.82, 2.24) is 77.3 Å². The van der Waals surface area contributed by atoms with Gasteiger partial charge in [0.05, 0.1) is 31.8 Å². The number of carbonyl (C=O) groups excluding carboxylic acids is 15. The molecule has 34 nitrogen and oxygen atoms in total. The van der Waals surface area contributed by atoms with Crippen LogP contribution >= 0.6 is 11.8 Å². The number of likely N-dealkylation sites (N-methyl/N-ethyl adjacent to an activating group) is 5. The number of H-pyrrole nitrogens is 1. The summed E-state index contributed by atoms with van der Waals surface area (Å²) in [4.78, 5) is 245. The van der Waals surface area contributed by atoms with Crippen LogP contribution in [0.15, 0.2) is 176 Å². The van der Waals surface area contributed by atoms with Crippen LogP contribution in [0.3, 0.4) is 0 Å². The SMILES string of the molecule is CCCC[C@H]1C(=O)N(C)CC(=O)N[C@@H](CC(=O)O)C(=O)N[C@@H](C(C)C)C(=O)N(C)[C@@H](Cc2ccccc2)C(=O)N[C@@H](Cc2ccc(O)cc2)C(=O)N(C)CC(=O)N[C@@H](Cc2c[nH]c3ccccc23)C(=O)N[C@@H](CC2=CCc3ccccc32)C(=O)N[C@@H](CC(C)C)C(=O)N[C@H](C(=O)NCC(N)=O)CSCC(=O)N[C@@H](Cc2ccccc2)C(=O)N(C)[C@@H](Cc2ccccc2)C(=O)N1C. The minimum absolute atomic E-state index is 0.0357. The number of phenols is 1. The molecule has 2 aliphatic rings. The molecule has 1 fully saturated rings. The number of nitrogens with zero attached hydrogens (tertiary/aromatic N) is 5. The van der Waals surface area contributed by atoms with Gasteiger partial charge in [0.2, 0.25) is 88.6 Å². The molecule has 1 aliphatic heterocycles. The summed E-state index contributed by atoms with van der Waals surface area (Å²) in [5, 5.41) is 45.7. The number of primary amides is 1. The van der Waals surface area contributed by atoms with Crippen LogP contribution in [0.5, 0.6) is 5.75 Å². The number of aromatic nitrogens is 1. The van der Waals surface area contributed by atoms with Gasteiger partial charge in [0.1, 0.15) is 72.2 Å². The van der Waals surface area contributed by atoms with E-state index in [-0.39, 0.29) is 68.8 Å². The van der Waals surface area contributed by atoms with E-state index in [0.29, 0.717) is 63.6 Å². The molecule has 11 atom stereocenters. The molecule has 9 rings (SSSR count). The molecule has 131 heavy (non-hydrogen) atoms. The van der Waals surface area contributed by atoms with Crippen molar-refractivity contribution in [3.05, 3.63) is 215 Å². The molecule has 0 radical (unpaired) electrons.